The van der Waals surface area contributed by atoms with Gasteiger partial charge in [-0.15, -0.1) is 11.3 Å². The summed E-state index contributed by atoms with van der Waals surface area (Å²) in [6.45, 7) is 1.72. The van der Waals surface area contributed by atoms with Crippen LogP contribution in [0.3, 0.4) is 0 Å². The third-order valence-corrected chi connectivity index (χ3v) is 10.3. The standard InChI is InChI=1S/C30H33F4N3O5S2/c31-23-17-25(27(42-14-11-38)18-26(23)37-9-12-41-13-10-37)35-8-2-5-28-22(19-30(32,33)34)21-3-1-4-24(29(21)43-28)36-20-6-15-44(39,40)16-7-20/h1,3-4,17-18,20,35-36,38H,6-16,19H2. The lowest BCUT2D eigenvalue weighted by Crippen LogP contribution is -2.36. The molecule has 0 unspecified atom stereocenters. The quantitative estimate of drug-likeness (QED) is 0.223. The fourth-order valence-corrected chi connectivity index (χ4v) is 7.94. The van der Waals surface area contributed by atoms with Crippen molar-refractivity contribution in [2.75, 3.05) is 73.1 Å². The van der Waals surface area contributed by atoms with E-state index in [1.807, 2.05) is 4.90 Å². The van der Waals surface area contributed by atoms with Crippen LogP contribution in [0.25, 0.3) is 10.1 Å². The van der Waals surface area contributed by atoms with Crippen molar-refractivity contribution in [1.29, 1.82) is 0 Å². The Balaban J connectivity index is 1.38. The number of benzene rings is 2. The smallest absolute Gasteiger partial charge is 0.393 e. The summed E-state index contributed by atoms with van der Waals surface area (Å²) in [5, 5.41) is 16.0. The van der Waals surface area contributed by atoms with Crippen molar-refractivity contribution in [3.8, 4) is 17.6 Å². The summed E-state index contributed by atoms with van der Waals surface area (Å²) in [7, 11) is -3.06. The molecule has 2 aliphatic heterocycles. The van der Waals surface area contributed by atoms with E-state index in [1.54, 1.807) is 24.3 Å². The number of hydrogen-bond acceptors (Lipinski definition) is 9. The van der Waals surface area contributed by atoms with E-state index < -0.39 is 28.3 Å². The summed E-state index contributed by atoms with van der Waals surface area (Å²) < 4.78 is 91.2. The molecule has 2 saturated heterocycles. The number of aliphatic hydroxyl groups is 1. The first-order chi connectivity index (χ1) is 21.0. The number of hydrogen-bond donors (Lipinski definition) is 3. The number of sulfone groups is 1. The van der Waals surface area contributed by atoms with Crippen LogP contribution in [0.1, 0.15) is 23.3 Å². The Kier molecular flexibility index (Phi) is 10.1. The molecule has 14 heteroatoms. The van der Waals surface area contributed by atoms with Crippen molar-refractivity contribution < 1.29 is 40.6 Å². The number of nitrogens with one attached hydrogen (secondary N) is 2. The zero-order chi connectivity index (χ0) is 31.3. The first-order valence-electron chi connectivity index (χ1n) is 14.2. The fraction of sp³-hybridized carbons (Fsp3) is 0.467. The van der Waals surface area contributed by atoms with E-state index in [0.717, 1.165) is 11.3 Å². The number of ether oxygens (including phenoxy) is 2. The van der Waals surface area contributed by atoms with Gasteiger partial charge in [0.25, 0.3) is 0 Å². The van der Waals surface area contributed by atoms with Crippen molar-refractivity contribution in [1.82, 2.24) is 0 Å². The molecule has 0 amide bonds. The highest BCUT2D eigenvalue weighted by Crippen LogP contribution is 2.40. The van der Waals surface area contributed by atoms with Crippen LogP contribution in [-0.2, 0) is 21.0 Å². The number of morpholine rings is 1. The molecule has 0 bridgehead atoms. The number of rotatable bonds is 9. The second-order valence-electron chi connectivity index (χ2n) is 10.6. The van der Waals surface area contributed by atoms with Gasteiger partial charge in [0.15, 0.2) is 0 Å². The van der Waals surface area contributed by atoms with Gasteiger partial charge >= 0.3 is 6.18 Å². The van der Waals surface area contributed by atoms with E-state index in [1.165, 1.54) is 6.07 Å². The lowest BCUT2D eigenvalue weighted by atomic mass is 10.1. The van der Waals surface area contributed by atoms with Gasteiger partial charge in [0.2, 0.25) is 0 Å². The first kappa shape index (κ1) is 32.2. The molecule has 1 aromatic heterocycles. The molecule has 0 spiro atoms. The zero-order valence-corrected chi connectivity index (χ0v) is 25.4. The van der Waals surface area contributed by atoms with Crippen LogP contribution in [0.5, 0.6) is 5.75 Å². The number of nitrogens with zero attached hydrogens (tertiary/aromatic N) is 1. The summed E-state index contributed by atoms with van der Waals surface area (Å²) >= 11 is 1.15. The SMILES string of the molecule is O=S1(=O)CCC(Nc2cccc3c(CC(F)(F)F)c(C#CCNc4cc(F)c(N5CCOCC5)cc4OCCO)sc23)CC1. The van der Waals surface area contributed by atoms with Crippen molar-refractivity contribution in [3.63, 3.8) is 0 Å². The minimum atomic E-state index is -4.46. The minimum absolute atomic E-state index is 0.00676. The number of halogens is 4. The van der Waals surface area contributed by atoms with E-state index in [9.17, 15) is 26.7 Å². The normalized spacial score (nSPS) is 17.2. The van der Waals surface area contributed by atoms with Gasteiger partial charge in [-0.2, -0.15) is 13.2 Å². The van der Waals surface area contributed by atoms with Crippen LogP contribution in [0.15, 0.2) is 30.3 Å². The van der Waals surface area contributed by atoms with Crippen molar-refractivity contribution in [2.45, 2.75) is 31.5 Å². The van der Waals surface area contributed by atoms with E-state index in [2.05, 4.69) is 22.5 Å². The molecule has 5 rings (SSSR count). The van der Waals surface area contributed by atoms with E-state index in [0.29, 0.717) is 72.0 Å². The molecule has 2 fully saturated rings. The second kappa shape index (κ2) is 13.8. The average Bonchev–Trinajstić information content (AvgIpc) is 3.32. The molecule has 0 saturated carbocycles. The van der Waals surface area contributed by atoms with Gasteiger partial charge in [0, 0.05) is 31.3 Å². The van der Waals surface area contributed by atoms with Gasteiger partial charge in [-0.05, 0) is 29.9 Å². The first-order valence-corrected chi connectivity index (χ1v) is 16.9. The molecule has 44 heavy (non-hydrogen) atoms. The molecule has 3 aromatic rings. The lowest BCUT2D eigenvalue weighted by molar-refractivity contribution is -0.126. The number of thiophene rings is 1. The zero-order valence-electron chi connectivity index (χ0n) is 23.8. The second-order valence-corrected chi connectivity index (χ2v) is 13.9. The van der Waals surface area contributed by atoms with E-state index in [4.69, 9.17) is 9.47 Å². The summed E-state index contributed by atoms with van der Waals surface area (Å²) in [5.41, 5.74) is 1.37. The molecule has 3 heterocycles. The fourth-order valence-electron chi connectivity index (χ4n) is 5.28. The molecule has 0 radical (unpaired) electrons. The van der Waals surface area contributed by atoms with Gasteiger partial charge in [-0.25, -0.2) is 12.8 Å². The van der Waals surface area contributed by atoms with Crippen LogP contribution in [0, 0.1) is 17.7 Å². The highest BCUT2D eigenvalue weighted by Gasteiger charge is 2.31. The number of aliphatic hydroxyl groups excluding tert-OH is 1. The topological polar surface area (TPSA) is 100 Å². The van der Waals surface area contributed by atoms with Gasteiger partial charge < -0.3 is 30.1 Å². The number of alkyl halides is 3. The molecular formula is C30H33F4N3O5S2. The van der Waals surface area contributed by atoms with Gasteiger partial charge in [-0.3, -0.25) is 0 Å². The monoisotopic (exact) mass is 655 g/mol. The number of anilines is 3. The van der Waals surface area contributed by atoms with Gasteiger partial charge in [0.1, 0.15) is 28.0 Å². The highest BCUT2D eigenvalue weighted by molar-refractivity contribution is 7.91. The summed E-state index contributed by atoms with van der Waals surface area (Å²) in [4.78, 5) is 2.11. The molecule has 2 aliphatic rings. The Hall–Kier alpha value is -3.25. The lowest BCUT2D eigenvalue weighted by Gasteiger charge is -2.29. The summed E-state index contributed by atoms with van der Waals surface area (Å²) in [5.74, 6) is 5.72. The molecular weight excluding hydrogens is 622 g/mol. The molecule has 2 aromatic carbocycles. The Bertz CT molecular complexity index is 1630. The molecule has 3 N–H and O–H groups in total. The predicted molar refractivity (Wildman–Crippen MR) is 164 cm³/mol. The molecule has 8 nitrogen and oxygen atoms in total. The Morgan fingerprint density at radius 2 is 1.89 bits per heavy atom. The van der Waals surface area contributed by atoms with Crippen LogP contribution in [-0.4, -0.2) is 83.3 Å². The minimum Gasteiger partial charge on any atom is -0.489 e. The van der Waals surface area contributed by atoms with E-state index >= 15 is 4.39 Å². The largest absolute Gasteiger partial charge is 0.489 e. The van der Waals surface area contributed by atoms with Gasteiger partial charge in [0.05, 0.1) is 70.9 Å². The maximum absolute atomic E-state index is 15.1. The maximum Gasteiger partial charge on any atom is 0.393 e. The van der Waals surface area contributed by atoms with Crippen LogP contribution < -0.4 is 20.3 Å². The van der Waals surface area contributed by atoms with Gasteiger partial charge in [-0.1, -0.05) is 24.0 Å². The molecule has 238 valence electrons. The highest BCUT2D eigenvalue weighted by atomic mass is 32.2. The Morgan fingerprint density at radius 1 is 1.14 bits per heavy atom. The third kappa shape index (κ3) is 8.06. The van der Waals surface area contributed by atoms with Crippen molar-refractivity contribution in [2.24, 2.45) is 0 Å². The molecule has 0 atom stereocenters. The number of fused-ring (bicyclic) bond motifs is 1. The Labute approximate surface area is 257 Å². The van der Waals surface area contributed by atoms with Crippen molar-refractivity contribution in [3.05, 3.63) is 46.6 Å². The maximum atomic E-state index is 15.1. The third-order valence-electron chi connectivity index (χ3n) is 7.43. The summed E-state index contributed by atoms with van der Waals surface area (Å²) in [6.07, 6.45) is -4.75. The average molecular weight is 656 g/mol. The van der Waals surface area contributed by atoms with Crippen LogP contribution in [0.4, 0.5) is 34.6 Å². The summed E-state index contributed by atoms with van der Waals surface area (Å²) in [6, 6.07) is 7.82. The predicted octanol–water partition coefficient (Wildman–Crippen LogP) is 4.81. The molecule has 0 aliphatic carbocycles. The van der Waals surface area contributed by atoms with Crippen molar-refractivity contribution >= 4 is 48.3 Å². The Morgan fingerprint density at radius 3 is 2.59 bits per heavy atom. The van der Waals surface area contributed by atoms with E-state index in [-0.39, 0.29) is 47.7 Å². The van der Waals surface area contributed by atoms with Crippen LogP contribution in [0.2, 0.25) is 0 Å². The van der Waals surface area contributed by atoms with Crippen LogP contribution >= 0.6 is 11.3 Å².